The van der Waals surface area contributed by atoms with E-state index in [9.17, 15) is 5.11 Å². The van der Waals surface area contributed by atoms with Crippen molar-refractivity contribution in [2.24, 2.45) is 5.92 Å². The molecule has 0 saturated carbocycles. The minimum absolute atomic E-state index is 0.104. The van der Waals surface area contributed by atoms with Crippen LogP contribution in [0.1, 0.15) is 24.5 Å². The van der Waals surface area contributed by atoms with Crippen molar-refractivity contribution in [3.8, 4) is 0 Å². The van der Waals surface area contributed by atoms with Crippen LogP contribution in [0.15, 0.2) is 24.3 Å². The van der Waals surface area contributed by atoms with Crippen LogP contribution in [0.3, 0.4) is 0 Å². The smallest absolute Gasteiger partial charge is 0.0590 e. The maximum absolute atomic E-state index is 9.69. The van der Waals surface area contributed by atoms with Crippen molar-refractivity contribution in [3.05, 3.63) is 35.4 Å². The Kier molecular flexibility index (Phi) is 3.62. The van der Waals surface area contributed by atoms with E-state index in [0.717, 1.165) is 26.1 Å². The van der Waals surface area contributed by atoms with Crippen LogP contribution < -0.4 is 0 Å². The Balaban J connectivity index is 1.98. The summed E-state index contributed by atoms with van der Waals surface area (Å²) in [6.07, 6.45) is 0.806. The summed E-state index contributed by atoms with van der Waals surface area (Å²) in [6, 6.07) is 8.55. The van der Waals surface area contributed by atoms with E-state index in [1.54, 1.807) is 0 Å². The summed E-state index contributed by atoms with van der Waals surface area (Å²) in [4.78, 5) is 2.44. The predicted octanol–water partition coefficient (Wildman–Crippen LogP) is 2.20. The van der Waals surface area contributed by atoms with Gasteiger partial charge < -0.3 is 5.11 Å². The number of rotatable bonds is 2. The summed E-state index contributed by atoms with van der Waals surface area (Å²) in [5.41, 5.74) is 2.77. The summed E-state index contributed by atoms with van der Waals surface area (Å²) in [5.74, 6) is 0.401. The molecule has 0 aromatic heterocycles. The number of nitrogens with zero attached hydrogens (tertiary/aromatic N) is 1. The lowest BCUT2D eigenvalue weighted by Crippen LogP contribution is -2.41. The molecule has 1 saturated heterocycles. The van der Waals surface area contributed by atoms with Gasteiger partial charge in [0.1, 0.15) is 0 Å². The molecule has 16 heavy (non-hydrogen) atoms. The number of hydrogen-bond acceptors (Lipinski definition) is 2. The van der Waals surface area contributed by atoms with Crippen molar-refractivity contribution in [1.82, 2.24) is 4.90 Å². The molecule has 1 aliphatic rings. The number of hydrogen-bond donors (Lipinski definition) is 1. The topological polar surface area (TPSA) is 23.5 Å². The van der Waals surface area contributed by atoms with Crippen LogP contribution in [0, 0.1) is 12.8 Å². The van der Waals surface area contributed by atoms with E-state index in [1.807, 2.05) is 0 Å². The molecule has 2 rings (SSSR count). The molecule has 1 fully saturated rings. The Labute approximate surface area is 97.9 Å². The zero-order valence-electron chi connectivity index (χ0n) is 10.2. The standard InChI is InChI=1S/C14H21NO/c1-11-5-3-4-6-13(11)10-15-8-7-14(16)12(2)9-15/h3-6,12,14,16H,7-10H2,1-2H3/t12-,14-/m0/s1. The van der Waals surface area contributed by atoms with Crippen LogP contribution in [-0.4, -0.2) is 29.2 Å². The van der Waals surface area contributed by atoms with E-state index in [0.29, 0.717) is 5.92 Å². The van der Waals surface area contributed by atoms with Crippen LogP contribution >= 0.6 is 0 Å². The molecule has 1 heterocycles. The molecule has 2 atom stereocenters. The third kappa shape index (κ3) is 2.63. The quantitative estimate of drug-likeness (QED) is 0.824. The monoisotopic (exact) mass is 219 g/mol. The molecule has 2 nitrogen and oxygen atoms in total. The number of likely N-dealkylation sites (tertiary alicyclic amines) is 1. The van der Waals surface area contributed by atoms with Gasteiger partial charge in [0, 0.05) is 19.6 Å². The van der Waals surface area contributed by atoms with Crippen LogP contribution in [-0.2, 0) is 6.54 Å². The number of benzene rings is 1. The van der Waals surface area contributed by atoms with E-state index < -0.39 is 0 Å². The summed E-state index contributed by atoms with van der Waals surface area (Å²) in [5, 5.41) is 9.69. The molecule has 0 radical (unpaired) electrons. The number of piperidine rings is 1. The second-order valence-electron chi connectivity index (χ2n) is 4.99. The fraction of sp³-hybridized carbons (Fsp3) is 0.571. The third-order valence-corrected chi connectivity index (χ3v) is 3.60. The van der Waals surface area contributed by atoms with E-state index in [2.05, 4.69) is 43.0 Å². The average Bonchev–Trinajstić information content (AvgIpc) is 2.27. The highest BCUT2D eigenvalue weighted by molar-refractivity contribution is 5.25. The van der Waals surface area contributed by atoms with Crippen molar-refractivity contribution in [2.45, 2.75) is 32.9 Å². The first-order valence-corrected chi connectivity index (χ1v) is 6.11. The SMILES string of the molecule is Cc1ccccc1CN1CC[C@H](O)[C@@H](C)C1. The lowest BCUT2D eigenvalue weighted by atomic mass is 9.96. The first-order chi connectivity index (χ1) is 7.66. The molecule has 88 valence electrons. The van der Waals surface area contributed by atoms with Crippen molar-refractivity contribution < 1.29 is 5.11 Å². The Morgan fingerprint density at radius 2 is 2.12 bits per heavy atom. The van der Waals surface area contributed by atoms with Gasteiger partial charge in [0.2, 0.25) is 0 Å². The number of aryl methyl sites for hydroxylation is 1. The molecular formula is C14H21NO. The minimum Gasteiger partial charge on any atom is -0.393 e. The van der Waals surface area contributed by atoms with Crippen molar-refractivity contribution in [3.63, 3.8) is 0 Å². The van der Waals surface area contributed by atoms with Crippen molar-refractivity contribution in [2.75, 3.05) is 13.1 Å². The van der Waals surface area contributed by atoms with Gasteiger partial charge in [-0.2, -0.15) is 0 Å². The molecule has 0 bridgehead atoms. The van der Waals surface area contributed by atoms with Gasteiger partial charge in [-0.05, 0) is 30.4 Å². The zero-order valence-corrected chi connectivity index (χ0v) is 10.2. The lowest BCUT2D eigenvalue weighted by Gasteiger charge is -2.34. The molecule has 1 aliphatic heterocycles. The largest absolute Gasteiger partial charge is 0.393 e. The summed E-state index contributed by atoms with van der Waals surface area (Å²) in [6.45, 7) is 7.34. The molecular weight excluding hydrogens is 198 g/mol. The van der Waals surface area contributed by atoms with Crippen LogP contribution in [0.25, 0.3) is 0 Å². The summed E-state index contributed by atoms with van der Waals surface area (Å²) < 4.78 is 0. The molecule has 1 N–H and O–H groups in total. The third-order valence-electron chi connectivity index (χ3n) is 3.60. The maximum atomic E-state index is 9.69. The highest BCUT2D eigenvalue weighted by Gasteiger charge is 2.24. The van der Waals surface area contributed by atoms with Gasteiger partial charge in [-0.1, -0.05) is 31.2 Å². The Bertz CT molecular complexity index is 350. The van der Waals surface area contributed by atoms with Gasteiger partial charge in [-0.15, -0.1) is 0 Å². The molecule has 0 spiro atoms. The minimum atomic E-state index is -0.104. The first-order valence-electron chi connectivity index (χ1n) is 6.11. The van der Waals surface area contributed by atoms with E-state index >= 15 is 0 Å². The molecule has 1 aromatic rings. The molecule has 1 aromatic carbocycles. The first kappa shape index (κ1) is 11.6. The zero-order chi connectivity index (χ0) is 11.5. The summed E-state index contributed by atoms with van der Waals surface area (Å²) in [7, 11) is 0. The van der Waals surface area contributed by atoms with E-state index in [4.69, 9.17) is 0 Å². The average molecular weight is 219 g/mol. The molecule has 0 amide bonds. The van der Waals surface area contributed by atoms with Gasteiger partial charge >= 0.3 is 0 Å². The van der Waals surface area contributed by atoms with Crippen LogP contribution in [0.5, 0.6) is 0 Å². The van der Waals surface area contributed by atoms with Gasteiger partial charge in [-0.3, -0.25) is 4.90 Å². The number of aliphatic hydroxyl groups is 1. The van der Waals surface area contributed by atoms with Crippen molar-refractivity contribution in [1.29, 1.82) is 0 Å². The second-order valence-corrected chi connectivity index (χ2v) is 4.99. The Hall–Kier alpha value is -0.860. The van der Waals surface area contributed by atoms with Gasteiger partial charge in [0.25, 0.3) is 0 Å². The van der Waals surface area contributed by atoms with Gasteiger partial charge in [0.15, 0.2) is 0 Å². The maximum Gasteiger partial charge on any atom is 0.0590 e. The summed E-state index contributed by atoms with van der Waals surface area (Å²) >= 11 is 0. The van der Waals surface area contributed by atoms with Gasteiger partial charge in [0.05, 0.1) is 6.10 Å². The number of aliphatic hydroxyl groups excluding tert-OH is 1. The van der Waals surface area contributed by atoms with E-state index in [1.165, 1.54) is 11.1 Å². The second kappa shape index (κ2) is 4.98. The highest BCUT2D eigenvalue weighted by atomic mass is 16.3. The normalized spacial score (nSPS) is 26.9. The van der Waals surface area contributed by atoms with E-state index in [-0.39, 0.29) is 6.10 Å². The predicted molar refractivity (Wildman–Crippen MR) is 66.2 cm³/mol. The fourth-order valence-electron chi connectivity index (χ4n) is 2.39. The van der Waals surface area contributed by atoms with Crippen molar-refractivity contribution >= 4 is 0 Å². The lowest BCUT2D eigenvalue weighted by molar-refractivity contribution is 0.0319. The molecule has 0 aliphatic carbocycles. The van der Waals surface area contributed by atoms with Gasteiger partial charge in [-0.25, -0.2) is 0 Å². The molecule has 0 unspecified atom stereocenters. The Morgan fingerprint density at radius 3 is 2.81 bits per heavy atom. The molecule has 2 heteroatoms. The fourth-order valence-corrected chi connectivity index (χ4v) is 2.39. The van der Waals surface area contributed by atoms with Crippen LogP contribution in [0.2, 0.25) is 0 Å². The highest BCUT2D eigenvalue weighted by Crippen LogP contribution is 2.19. The Morgan fingerprint density at radius 1 is 1.38 bits per heavy atom. The van der Waals surface area contributed by atoms with Crippen LogP contribution in [0.4, 0.5) is 0 Å².